The fraction of sp³-hybridized carbons (Fsp3) is 0.611. The standard InChI is InChI=1S/C18H25N5O3S/c1-11-15(27-10-20-11)8-9-19-17(25)12-2-4-13(5-3-12)21-18(26)14-6-7-16(24)23-22-14/h10,12-13H,2-9H2,1H3,(H,19,25)(H,21,26)(H,23,24). The molecule has 3 N–H and O–H groups in total. The predicted octanol–water partition coefficient (Wildman–Crippen LogP) is 1.05. The van der Waals surface area contributed by atoms with Crippen molar-refractivity contribution in [3.8, 4) is 0 Å². The van der Waals surface area contributed by atoms with Crippen molar-refractivity contribution in [2.45, 2.75) is 57.9 Å². The average molecular weight is 391 g/mol. The van der Waals surface area contributed by atoms with Crippen LogP contribution in [0.3, 0.4) is 0 Å². The summed E-state index contributed by atoms with van der Waals surface area (Å²) >= 11 is 1.62. The van der Waals surface area contributed by atoms with Gasteiger partial charge in [-0.2, -0.15) is 5.10 Å². The molecule has 1 aromatic rings. The number of hydrazone groups is 1. The van der Waals surface area contributed by atoms with Crippen LogP contribution in [0.4, 0.5) is 0 Å². The van der Waals surface area contributed by atoms with E-state index < -0.39 is 0 Å². The third kappa shape index (κ3) is 5.35. The lowest BCUT2D eigenvalue weighted by atomic mass is 9.85. The van der Waals surface area contributed by atoms with Gasteiger partial charge in [0.1, 0.15) is 5.71 Å². The SMILES string of the molecule is Cc1ncsc1CCNC(=O)C1CCC(NC(=O)C2=NNC(=O)CC2)CC1. The number of aromatic nitrogens is 1. The maximum absolute atomic E-state index is 12.3. The number of amides is 3. The van der Waals surface area contributed by atoms with Crippen molar-refractivity contribution >= 4 is 34.8 Å². The fourth-order valence-electron chi connectivity index (χ4n) is 3.42. The summed E-state index contributed by atoms with van der Waals surface area (Å²) in [5, 5.41) is 9.81. The Kier molecular flexibility index (Phi) is 6.54. The Balaban J connectivity index is 1.37. The molecule has 1 fully saturated rings. The summed E-state index contributed by atoms with van der Waals surface area (Å²) in [4.78, 5) is 41.1. The summed E-state index contributed by atoms with van der Waals surface area (Å²) in [5.41, 5.74) is 5.57. The van der Waals surface area contributed by atoms with Gasteiger partial charge < -0.3 is 10.6 Å². The molecule has 1 aliphatic heterocycles. The highest BCUT2D eigenvalue weighted by atomic mass is 32.1. The zero-order valence-corrected chi connectivity index (χ0v) is 16.2. The molecule has 0 aromatic carbocycles. The van der Waals surface area contributed by atoms with E-state index in [0.717, 1.165) is 37.8 Å². The normalized spacial score (nSPS) is 22.6. The van der Waals surface area contributed by atoms with Gasteiger partial charge in [-0.1, -0.05) is 0 Å². The third-order valence-corrected chi connectivity index (χ3v) is 6.09. The highest BCUT2D eigenvalue weighted by Crippen LogP contribution is 2.24. The summed E-state index contributed by atoms with van der Waals surface area (Å²) in [5.74, 6) is -0.278. The molecule has 1 saturated carbocycles. The lowest BCUT2D eigenvalue weighted by molar-refractivity contribution is -0.126. The summed E-state index contributed by atoms with van der Waals surface area (Å²) in [6.07, 6.45) is 4.55. The monoisotopic (exact) mass is 391 g/mol. The van der Waals surface area contributed by atoms with Gasteiger partial charge in [0.15, 0.2) is 0 Å². The number of thiazole rings is 1. The molecule has 1 aliphatic carbocycles. The largest absolute Gasteiger partial charge is 0.356 e. The lowest BCUT2D eigenvalue weighted by Gasteiger charge is -2.28. The molecule has 3 amide bonds. The molecule has 0 saturated heterocycles. The second-order valence-corrected chi connectivity index (χ2v) is 7.96. The molecule has 0 unspecified atom stereocenters. The van der Waals surface area contributed by atoms with E-state index in [9.17, 15) is 14.4 Å². The molecule has 9 heteroatoms. The Morgan fingerprint density at radius 2 is 2.04 bits per heavy atom. The number of carbonyl (C=O) groups excluding carboxylic acids is 3. The Morgan fingerprint density at radius 3 is 2.67 bits per heavy atom. The smallest absolute Gasteiger partial charge is 0.267 e. The Labute approximate surface area is 162 Å². The van der Waals surface area contributed by atoms with Crippen LogP contribution < -0.4 is 16.1 Å². The van der Waals surface area contributed by atoms with Crippen LogP contribution in [0.25, 0.3) is 0 Å². The molecule has 2 heterocycles. The van der Waals surface area contributed by atoms with E-state index in [2.05, 4.69) is 26.1 Å². The molecule has 2 aliphatic rings. The van der Waals surface area contributed by atoms with Crippen molar-refractivity contribution in [1.29, 1.82) is 0 Å². The minimum atomic E-state index is -0.220. The molecule has 0 radical (unpaired) electrons. The summed E-state index contributed by atoms with van der Waals surface area (Å²) < 4.78 is 0. The maximum atomic E-state index is 12.3. The number of nitrogens with one attached hydrogen (secondary N) is 3. The van der Waals surface area contributed by atoms with Gasteiger partial charge in [0.2, 0.25) is 11.8 Å². The van der Waals surface area contributed by atoms with Crippen molar-refractivity contribution < 1.29 is 14.4 Å². The van der Waals surface area contributed by atoms with Crippen LogP contribution in [0.5, 0.6) is 0 Å². The van der Waals surface area contributed by atoms with E-state index in [1.54, 1.807) is 11.3 Å². The average Bonchev–Trinajstić information content (AvgIpc) is 3.07. The Hall–Kier alpha value is -2.29. The van der Waals surface area contributed by atoms with Gasteiger partial charge in [-0.25, -0.2) is 10.4 Å². The first-order valence-electron chi connectivity index (χ1n) is 9.36. The van der Waals surface area contributed by atoms with Crippen molar-refractivity contribution in [2.24, 2.45) is 11.0 Å². The van der Waals surface area contributed by atoms with E-state index >= 15 is 0 Å². The van der Waals surface area contributed by atoms with Crippen LogP contribution in [0.15, 0.2) is 10.6 Å². The summed E-state index contributed by atoms with van der Waals surface area (Å²) in [6.45, 7) is 2.61. The second-order valence-electron chi connectivity index (χ2n) is 7.02. The van der Waals surface area contributed by atoms with Crippen molar-refractivity contribution in [3.05, 3.63) is 16.1 Å². The van der Waals surface area contributed by atoms with Crippen molar-refractivity contribution in [2.75, 3.05) is 6.54 Å². The minimum absolute atomic E-state index is 0.00650. The van der Waals surface area contributed by atoms with Gasteiger partial charge >= 0.3 is 0 Å². The Bertz CT molecular complexity index is 737. The second kappa shape index (κ2) is 9.07. The first kappa shape index (κ1) is 19.5. The fourth-order valence-corrected chi connectivity index (χ4v) is 4.20. The van der Waals surface area contributed by atoms with Gasteiger partial charge in [0.25, 0.3) is 5.91 Å². The van der Waals surface area contributed by atoms with E-state index in [-0.39, 0.29) is 29.7 Å². The predicted molar refractivity (Wildman–Crippen MR) is 102 cm³/mol. The molecule has 3 rings (SSSR count). The molecule has 146 valence electrons. The quantitative estimate of drug-likeness (QED) is 0.673. The van der Waals surface area contributed by atoms with E-state index in [0.29, 0.717) is 25.1 Å². The summed E-state index contributed by atoms with van der Waals surface area (Å²) in [7, 11) is 0. The van der Waals surface area contributed by atoms with E-state index in [4.69, 9.17) is 0 Å². The Morgan fingerprint density at radius 1 is 1.26 bits per heavy atom. The maximum Gasteiger partial charge on any atom is 0.267 e. The van der Waals surface area contributed by atoms with Gasteiger partial charge in [-0.05, 0) is 32.6 Å². The molecular weight excluding hydrogens is 366 g/mol. The first-order chi connectivity index (χ1) is 13.0. The zero-order chi connectivity index (χ0) is 19.2. The number of hydrogen-bond donors (Lipinski definition) is 3. The van der Waals surface area contributed by atoms with Crippen molar-refractivity contribution in [1.82, 2.24) is 21.0 Å². The highest BCUT2D eigenvalue weighted by Gasteiger charge is 2.28. The number of carbonyl (C=O) groups is 3. The molecule has 1 aromatic heterocycles. The van der Waals surface area contributed by atoms with Gasteiger partial charge in [-0.15, -0.1) is 11.3 Å². The zero-order valence-electron chi connectivity index (χ0n) is 15.4. The first-order valence-corrected chi connectivity index (χ1v) is 10.2. The van der Waals surface area contributed by atoms with E-state index in [1.807, 2.05) is 12.4 Å². The number of hydrogen-bond acceptors (Lipinski definition) is 6. The number of aryl methyl sites for hydroxylation is 1. The summed E-state index contributed by atoms with van der Waals surface area (Å²) in [6, 6.07) is 0.0571. The van der Waals surface area contributed by atoms with Crippen LogP contribution in [0.1, 0.15) is 49.1 Å². The lowest BCUT2D eigenvalue weighted by Crippen LogP contribution is -2.44. The molecule has 27 heavy (non-hydrogen) atoms. The molecule has 0 atom stereocenters. The van der Waals surface area contributed by atoms with Gasteiger partial charge in [-0.3, -0.25) is 14.4 Å². The third-order valence-electron chi connectivity index (χ3n) is 5.10. The number of rotatable bonds is 6. The van der Waals surface area contributed by atoms with Crippen LogP contribution in [-0.4, -0.2) is 41.0 Å². The van der Waals surface area contributed by atoms with Crippen LogP contribution in [0.2, 0.25) is 0 Å². The van der Waals surface area contributed by atoms with Crippen LogP contribution in [0, 0.1) is 12.8 Å². The van der Waals surface area contributed by atoms with Gasteiger partial charge in [0.05, 0.1) is 11.2 Å². The molecule has 0 bridgehead atoms. The molecule has 0 spiro atoms. The highest BCUT2D eigenvalue weighted by molar-refractivity contribution is 7.09. The topological polar surface area (TPSA) is 113 Å². The van der Waals surface area contributed by atoms with Crippen molar-refractivity contribution in [3.63, 3.8) is 0 Å². The minimum Gasteiger partial charge on any atom is -0.356 e. The van der Waals surface area contributed by atoms with Crippen LogP contribution >= 0.6 is 11.3 Å². The number of nitrogens with zero attached hydrogens (tertiary/aromatic N) is 2. The van der Waals surface area contributed by atoms with Crippen LogP contribution in [-0.2, 0) is 20.8 Å². The van der Waals surface area contributed by atoms with E-state index in [1.165, 1.54) is 4.88 Å². The van der Waals surface area contributed by atoms with Gasteiger partial charge in [0, 0.05) is 42.6 Å². The molecular formula is C18H25N5O3S. The molecule has 8 nitrogen and oxygen atoms in total.